The first kappa shape index (κ1) is 20.9. The lowest BCUT2D eigenvalue weighted by molar-refractivity contribution is 0.0736. The highest BCUT2D eigenvalue weighted by Gasteiger charge is 2.24. The minimum Gasteiger partial charge on any atom is -0.508 e. The second-order valence-electron chi connectivity index (χ2n) is 7.40. The molecule has 158 valence electrons. The van der Waals surface area contributed by atoms with Crippen molar-refractivity contribution in [3.63, 3.8) is 0 Å². The Balaban J connectivity index is 0.00000231. The van der Waals surface area contributed by atoms with Gasteiger partial charge in [0.1, 0.15) is 17.1 Å². The van der Waals surface area contributed by atoms with Crippen molar-refractivity contribution >= 4 is 29.3 Å². The molecule has 0 spiro atoms. The summed E-state index contributed by atoms with van der Waals surface area (Å²) < 4.78 is 5.92. The molecule has 0 saturated carbocycles. The van der Waals surface area contributed by atoms with Crippen LogP contribution in [-0.2, 0) is 0 Å². The van der Waals surface area contributed by atoms with Crippen molar-refractivity contribution in [3.8, 4) is 28.2 Å². The molecule has 0 unspecified atom stereocenters. The fourth-order valence-electron chi connectivity index (χ4n) is 4.08. The van der Waals surface area contributed by atoms with E-state index < -0.39 is 0 Å². The molecule has 2 N–H and O–H groups in total. The number of carbonyl (C=O) groups excluding carboxylic acids is 1. The molecule has 31 heavy (non-hydrogen) atoms. The van der Waals surface area contributed by atoms with Gasteiger partial charge in [0.05, 0.1) is 0 Å². The van der Waals surface area contributed by atoms with E-state index in [2.05, 4.69) is 5.32 Å². The molecule has 0 bridgehead atoms. The second-order valence-corrected chi connectivity index (χ2v) is 7.40. The summed E-state index contributed by atoms with van der Waals surface area (Å²) in [5.41, 5.74) is 3.22. The van der Waals surface area contributed by atoms with Gasteiger partial charge in [-0.1, -0.05) is 18.2 Å². The van der Waals surface area contributed by atoms with Gasteiger partial charge in [-0.05, 0) is 35.9 Å². The van der Waals surface area contributed by atoms with E-state index in [-0.39, 0.29) is 29.5 Å². The van der Waals surface area contributed by atoms with Gasteiger partial charge in [0, 0.05) is 60.4 Å². The number of hydrogen-bond donors (Lipinski definition) is 2. The molecular formula is C24H21ClN2O4. The van der Waals surface area contributed by atoms with Gasteiger partial charge in [0.15, 0.2) is 5.43 Å². The molecule has 2 aliphatic heterocycles. The quantitative estimate of drug-likeness (QED) is 0.468. The van der Waals surface area contributed by atoms with Crippen LogP contribution in [0.15, 0.2) is 69.9 Å². The highest BCUT2D eigenvalue weighted by Crippen LogP contribution is 2.42. The van der Waals surface area contributed by atoms with Crippen LogP contribution in [0.1, 0.15) is 10.4 Å². The van der Waals surface area contributed by atoms with Gasteiger partial charge in [-0.15, -0.1) is 12.4 Å². The number of rotatable bonds is 2. The Morgan fingerprint density at radius 1 is 0.968 bits per heavy atom. The Bertz CT molecular complexity index is 1290. The number of halogens is 1. The molecule has 6 nitrogen and oxygen atoms in total. The van der Waals surface area contributed by atoms with Crippen LogP contribution in [0.25, 0.3) is 33.4 Å². The van der Waals surface area contributed by atoms with Crippen LogP contribution in [0.4, 0.5) is 0 Å². The van der Waals surface area contributed by atoms with Crippen LogP contribution < -0.4 is 10.7 Å². The molecule has 5 rings (SSSR count). The van der Waals surface area contributed by atoms with Crippen molar-refractivity contribution in [2.45, 2.75) is 0 Å². The number of hydrogen-bond acceptors (Lipinski definition) is 5. The molecule has 1 saturated heterocycles. The van der Waals surface area contributed by atoms with E-state index >= 15 is 0 Å². The molecular weight excluding hydrogens is 416 g/mol. The summed E-state index contributed by atoms with van der Waals surface area (Å²) in [5.74, 6) is 0.466. The first-order valence-corrected chi connectivity index (χ1v) is 9.91. The Morgan fingerprint density at radius 3 is 2.55 bits per heavy atom. The lowest BCUT2D eigenvalue weighted by Gasteiger charge is -2.28. The van der Waals surface area contributed by atoms with Crippen molar-refractivity contribution in [1.82, 2.24) is 10.2 Å². The van der Waals surface area contributed by atoms with Crippen LogP contribution in [-0.4, -0.2) is 42.1 Å². The Hall–Kier alpha value is -3.35. The zero-order valence-corrected chi connectivity index (χ0v) is 17.4. The van der Waals surface area contributed by atoms with Crippen LogP contribution >= 0.6 is 12.4 Å². The third kappa shape index (κ3) is 3.76. The first-order valence-electron chi connectivity index (χ1n) is 9.91. The Morgan fingerprint density at radius 2 is 1.74 bits per heavy atom. The standard InChI is InChI=1S/C24H20N2O4.ClH/c27-15-5-7-19-21(13-15)30-22-14-16(28)6-8-20(22)23(19)17-3-1-2-4-18(17)24(29)26-11-9-25-10-12-26;/h1-8,13-14,25,27H,9-12H2;1H. The zero-order chi connectivity index (χ0) is 20.7. The SMILES string of the molecule is Cl.O=C(c1ccccc1-c1c2ccc(=O)cc-2oc2cc(O)ccc12)N1CCNCC1. The molecule has 2 heterocycles. The van der Waals surface area contributed by atoms with Gasteiger partial charge >= 0.3 is 0 Å². The summed E-state index contributed by atoms with van der Waals surface area (Å²) in [6.45, 7) is 2.86. The minimum atomic E-state index is -0.165. The summed E-state index contributed by atoms with van der Waals surface area (Å²) in [6.07, 6.45) is 0. The number of phenols is 1. The van der Waals surface area contributed by atoms with Gasteiger partial charge < -0.3 is 19.7 Å². The number of nitrogens with one attached hydrogen (secondary N) is 1. The maximum Gasteiger partial charge on any atom is 0.254 e. The highest BCUT2D eigenvalue weighted by atomic mass is 35.5. The molecule has 0 aromatic heterocycles. The number of fused-ring (bicyclic) bond motifs is 2. The lowest BCUT2D eigenvalue weighted by Crippen LogP contribution is -2.46. The van der Waals surface area contributed by atoms with E-state index in [1.807, 2.05) is 29.2 Å². The topological polar surface area (TPSA) is 82.8 Å². The molecule has 3 aliphatic rings. The average molecular weight is 437 g/mol. The first-order chi connectivity index (χ1) is 14.6. The second kappa shape index (κ2) is 8.41. The van der Waals surface area contributed by atoms with E-state index in [9.17, 15) is 14.7 Å². The zero-order valence-electron chi connectivity index (χ0n) is 16.6. The van der Waals surface area contributed by atoms with Gasteiger partial charge in [-0.25, -0.2) is 0 Å². The van der Waals surface area contributed by atoms with Crippen LogP contribution in [0.3, 0.4) is 0 Å². The van der Waals surface area contributed by atoms with Gasteiger partial charge in [-0.2, -0.15) is 0 Å². The summed E-state index contributed by atoms with van der Waals surface area (Å²) in [5, 5.41) is 14.0. The Kier molecular flexibility index (Phi) is 5.67. The number of piperazine rings is 1. The molecule has 0 atom stereocenters. The molecule has 2 aromatic carbocycles. The molecule has 7 heteroatoms. The predicted molar refractivity (Wildman–Crippen MR) is 122 cm³/mol. The summed E-state index contributed by atoms with van der Waals surface area (Å²) in [4.78, 5) is 27.2. The van der Waals surface area contributed by atoms with E-state index in [0.717, 1.165) is 35.2 Å². The summed E-state index contributed by atoms with van der Waals surface area (Å²) in [7, 11) is 0. The fraction of sp³-hybridized carbons (Fsp3) is 0.167. The number of phenolic OH excluding ortho intramolecular Hbond substituents is 1. The Labute approximate surface area is 184 Å². The largest absolute Gasteiger partial charge is 0.508 e. The molecule has 1 amide bonds. The fourth-order valence-corrected chi connectivity index (χ4v) is 4.08. The average Bonchev–Trinajstić information content (AvgIpc) is 2.77. The van der Waals surface area contributed by atoms with Crippen LogP contribution in [0.5, 0.6) is 5.75 Å². The number of benzene rings is 3. The molecule has 1 aliphatic carbocycles. The molecule has 1 fully saturated rings. The van der Waals surface area contributed by atoms with Crippen molar-refractivity contribution < 1.29 is 14.3 Å². The number of aromatic hydroxyl groups is 1. The van der Waals surface area contributed by atoms with Crippen molar-refractivity contribution in [2.24, 2.45) is 0 Å². The monoisotopic (exact) mass is 436 g/mol. The van der Waals surface area contributed by atoms with Crippen LogP contribution in [0, 0.1) is 0 Å². The molecule has 2 aromatic rings. The normalized spacial score (nSPS) is 13.9. The minimum absolute atomic E-state index is 0. The maximum atomic E-state index is 13.4. The smallest absolute Gasteiger partial charge is 0.254 e. The summed E-state index contributed by atoms with van der Waals surface area (Å²) in [6, 6.07) is 17.1. The van der Waals surface area contributed by atoms with Crippen molar-refractivity contribution in [2.75, 3.05) is 26.2 Å². The van der Waals surface area contributed by atoms with Gasteiger partial charge in [-0.3, -0.25) is 9.59 Å². The van der Waals surface area contributed by atoms with E-state index in [0.29, 0.717) is 30.0 Å². The van der Waals surface area contributed by atoms with Crippen molar-refractivity contribution in [1.29, 1.82) is 0 Å². The van der Waals surface area contributed by atoms with Gasteiger partial charge in [0.2, 0.25) is 0 Å². The van der Waals surface area contributed by atoms with E-state index in [1.165, 1.54) is 18.2 Å². The molecule has 0 radical (unpaired) electrons. The van der Waals surface area contributed by atoms with Gasteiger partial charge in [0.25, 0.3) is 5.91 Å². The van der Waals surface area contributed by atoms with Crippen LogP contribution in [0.2, 0.25) is 0 Å². The number of nitrogens with zero attached hydrogens (tertiary/aromatic N) is 1. The van der Waals surface area contributed by atoms with E-state index in [1.54, 1.807) is 18.2 Å². The predicted octanol–water partition coefficient (Wildman–Crippen LogP) is 3.74. The van der Waals surface area contributed by atoms with E-state index in [4.69, 9.17) is 4.42 Å². The third-order valence-corrected chi connectivity index (χ3v) is 5.51. The summed E-state index contributed by atoms with van der Waals surface area (Å²) >= 11 is 0. The number of carbonyl (C=O) groups is 1. The highest BCUT2D eigenvalue weighted by molar-refractivity contribution is 6.09. The maximum absolute atomic E-state index is 13.4. The van der Waals surface area contributed by atoms with Crippen molar-refractivity contribution in [3.05, 3.63) is 76.5 Å². The third-order valence-electron chi connectivity index (χ3n) is 5.51. The lowest BCUT2D eigenvalue weighted by atomic mass is 9.90. The number of amides is 1.